The lowest BCUT2D eigenvalue weighted by atomic mass is 10.0. The van der Waals surface area contributed by atoms with Gasteiger partial charge >= 0.3 is 11.9 Å². The number of methoxy groups -OCH3 is 4. The molecule has 2 atom stereocenters. The predicted molar refractivity (Wildman–Crippen MR) is 180 cm³/mol. The molecular formula is C36H46N2O10. The van der Waals surface area contributed by atoms with Gasteiger partial charge in [-0.1, -0.05) is 12.8 Å². The highest BCUT2D eigenvalue weighted by Crippen LogP contribution is 2.38. The average Bonchev–Trinajstić information content (AvgIpc) is 3.09. The van der Waals surface area contributed by atoms with Crippen molar-refractivity contribution in [3.63, 3.8) is 0 Å². The number of ether oxygens (including phenoxy) is 6. The SMILES string of the molecule is C#Cc1cc2c(cc1C(=O)OC)N(CCCCOC)C(=O)[C@@H](C)O2.CCc1cc2c(cc1C(=O)OC)N(CCCCOC)C(=O)[C@@H](C)O2. The van der Waals surface area contributed by atoms with Gasteiger partial charge in [0.25, 0.3) is 11.8 Å². The molecule has 2 amide bonds. The van der Waals surface area contributed by atoms with E-state index in [9.17, 15) is 19.2 Å². The lowest BCUT2D eigenvalue weighted by molar-refractivity contribution is -0.126. The first-order valence-corrected chi connectivity index (χ1v) is 16.0. The van der Waals surface area contributed by atoms with E-state index in [1.807, 2.05) is 13.0 Å². The summed E-state index contributed by atoms with van der Waals surface area (Å²) in [5, 5.41) is 0. The molecule has 0 N–H and O–H groups in total. The topological polar surface area (TPSA) is 130 Å². The fourth-order valence-corrected chi connectivity index (χ4v) is 5.43. The first-order chi connectivity index (χ1) is 23.1. The van der Waals surface area contributed by atoms with Crippen molar-refractivity contribution in [3.8, 4) is 23.8 Å². The van der Waals surface area contributed by atoms with Crippen LogP contribution >= 0.6 is 0 Å². The minimum Gasteiger partial charge on any atom is -0.479 e. The number of nitrogens with zero attached hydrogens (tertiary/aromatic N) is 2. The Kier molecular flexibility index (Phi) is 14.3. The van der Waals surface area contributed by atoms with Gasteiger partial charge in [0.05, 0.1) is 36.7 Å². The molecule has 2 aliphatic rings. The number of carbonyl (C=O) groups excluding carboxylic acids is 4. The van der Waals surface area contributed by atoms with Crippen LogP contribution in [0.3, 0.4) is 0 Å². The van der Waals surface area contributed by atoms with Crippen molar-refractivity contribution in [2.75, 3.05) is 64.5 Å². The highest BCUT2D eigenvalue weighted by molar-refractivity contribution is 6.03. The first kappa shape index (κ1) is 37.9. The van der Waals surface area contributed by atoms with Crippen molar-refractivity contribution >= 4 is 35.1 Å². The molecule has 12 heteroatoms. The minimum absolute atomic E-state index is 0.0972. The maximum atomic E-state index is 12.5. The zero-order chi connectivity index (χ0) is 35.4. The lowest BCUT2D eigenvalue weighted by Crippen LogP contribution is -2.45. The molecular weight excluding hydrogens is 620 g/mol. The zero-order valence-corrected chi connectivity index (χ0v) is 28.9. The van der Waals surface area contributed by atoms with Crippen LogP contribution in [0.4, 0.5) is 11.4 Å². The van der Waals surface area contributed by atoms with E-state index in [1.54, 1.807) is 56.1 Å². The molecule has 2 aromatic carbocycles. The van der Waals surface area contributed by atoms with Gasteiger partial charge in [-0.25, -0.2) is 9.59 Å². The summed E-state index contributed by atoms with van der Waals surface area (Å²) in [4.78, 5) is 52.3. The summed E-state index contributed by atoms with van der Waals surface area (Å²) in [6.07, 6.45) is 8.30. The summed E-state index contributed by atoms with van der Waals surface area (Å²) in [6, 6.07) is 6.72. The molecule has 12 nitrogen and oxygen atoms in total. The highest BCUT2D eigenvalue weighted by atomic mass is 16.5. The summed E-state index contributed by atoms with van der Waals surface area (Å²) in [7, 11) is 5.94. The van der Waals surface area contributed by atoms with Gasteiger partial charge < -0.3 is 38.2 Å². The van der Waals surface area contributed by atoms with Crippen LogP contribution in [-0.4, -0.2) is 90.7 Å². The van der Waals surface area contributed by atoms with Crippen molar-refractivity contribution in [1.82, 2.24) is 0 Å². The Hall–Kier alpha value is -4.60. The molecule has 260 valence electrons. The summed E-state index contributed by atoms with van der Waals surface area (Å²) >= 11 is 0. The van der Waals surface area contributed by atoms with Gasteiger partial charge in [0.15, 0.2) is 12.2 Å². The van der Waals surface area contributed by atoms with E-state index in [-0.39, 0.29) is 17.4 Å². The van der Waals surface area contributed by atoms with E-state index in [4.69, 9.17) is 34.8 Å². The summed E-state index contributed by atoms with van der Waals surface area (Å²) in [5.41, 5.74) is 3.11. The summed E-state index contributed by atoms with van der Waals surface area (Å²) in [6.45, 7) is 7.76. The number of amides is 2. The van der Waals surface area contributed by atoms with Crippen molar-refractivity contribution in [3.05, 3.63) is 46.5 Å². The largest absolute Gasteiger partial charge is 0.479 e. The van der Waals surface area contributed by atoms with E-state index in [2.05, 4.69) is 5.92 Å². The molecule has 0 fully saturated rings. The van der Waals surface area contributed by atoms with E-state index in [1.165, 1.54) is 14.2 Å². The fraction of sp³-hybridized carbons (Fsp3) is 0.500. The number of anilines is 2. The Bertz CT molecular complexity index is 1520. The third-order valence-electron chi connectivity index (χ3n) is 8.01. The molecule has 0 aromatic heterocycles. The van der Waals surface area contributed by atoms with Crippen molar-refractivity contribution < 1.29 is 47.6 Å². The van der Waals surface area contributed by atoms with Gasteiger partial charge in [0.2, 0.25) is 0 Å². The van der Waals surface area contributed by atoms with Crippen LogP contribution in [-0.2, 0) is 35.0 Å². The Morgan fingerprint density at radius 1 is 0.750 bits per heavy atom. The molecule has 2 heterocycles. The van der Waals surface area contributed by atoms with Gasteiger partial charge in [-0.15, -0.1) is 6.42 Å². The molecule has 4 rings (SSSR count). The second-order valence-electron chi connectivity index (χ2n) is 11.2. The number of aryl methyl sites for hydroxylation is 1. The number of carbonyl (C=O) groups is 4. The number of rotatable bonds is 13. The summed E-state index contributed by atoms with van der Waals surface area (Å²) in [5.74, 6) is 2.40. The van der Waals surface area contributed by atoms with E-state index < -0.39 is 24.1 Å². The standard InChI is InChI=1S/C18H25NO5.C18H21NO5/c2*1-5-13-10-16-15(11-14(13)18(21)23-4)19(8-6-7-9-22-3)17(20)12(2)24-16/h10-12H,5-9H2,1-4H3;1,10-12H,6-9H2,2-4H3/t2*12-/m11/s1. The molecule has 2 aliphatic heterocycles. The zero-order valence-electron chi connectivity index (χ0n) is 28.9. The molecule has 0 saturated heterocycles. The molecule has 0 saturated carbocycles. The first-order valence-electron chi connectivity index (χ1n) is 16.0. The van der Waals surface area contributed by atoms with E-state index in [0.29, 0.717) is 66.7 Å². The molecule has 0 radical (unpaired) electrons. The number of unbranched alkanes of at least 4 members (excludes halogenated alkanes) is 2. The Balaban J connectivity index is 0.000000260. The fourth-order valence-electron chi connectivity index (χ4n) is 5.43. The Morgan fingerprint density at radius 2 is 1.21 bits per heavy atom. The summed E-state index contributed by atoms with van der Waals surface area (Å²) < 4.78 is 31.1. The molecule has 0 bridgehead atoms. The smallest absolute Gasteiger partial charge is 0.339 e. The normalized spacial score (nSPS) is 16.4. The lowest BCUT2D eigenvalue weighted by Gasteiger charge is -2.34. The second kappa shape index (κ2) is 18.1. The van der Waals surface area contributed by atoms with Crippen LogP contribution < -0.4 is 19.3 Å². The monoisotopic (exact) mass is 666 g/mol. The van der Waals surface area contributed by atoms with Gasteiger partial charge in [-0.2, -0.15) is 0 Å². The third-order valence-corrected chi connectivity index (χ3v) is 8.01. The van der Waals surface area contributed by atoms with Crippen LogP contribution in [0.5, 0.6) is 11.5 Å². The van der Waals surface area contributed by atoms with Crippen LogP contribution in [0.15, 0.2) is 24.3 Å². The van der Waals surface area contributed by atoms with Gasteiger partial charge in [0.1, 0.15) is 11.5 Å². The highest BCUT2D eigenvalue weighted by Gasteiger charge is 2.34. The third kappa shape index (κ3) is 8.85. The van der Waals surface area contributed by atoms with Gasteiger partial charge in [0, 0.05) is 46.1 Å². The van der Waals surface area contributed by atoms with Crippen LogP contribution in [0.2, 0.25) is 0 Å². The number of benzene rings is 2. The maximum absolute atomic E-state index is 12.5. The maximum Gasteiger partial charge on any atom is 0.339 e. The molecule has 0 spiro atoms. The minimum atomic E-state index is -0.602. The van der Waals surface area contributed by atoms with Crippen LogP contribution in [0, 0.1) is 12.3 Å². The number of hydrogen-bond donors (Lipinski definition) is 0. The Labute approximate surface area is 282 Å². The average molecular weight is 667 g/mol. The predicted octanol–water partition coefficient (Wildman–Crippen LogP) is 4.57. The molecule has 0 unspecified atom stereocenters. The van der Waals surface area contributed by atoms with E-state index >= 15 is 0 Å². The molecule has 2 aromatic rings. The number of fused-ring (bicyclic) bond motifs is 2. The van der Waals surface area contributed by atoms with E-state index in [0.717, 1.165) is 31.2 Å². The van der Waals surface area contributed by atoms with Crippen molar-refractivity contribution in [1.29, 1.82) is 0 Å². The Morgan fingerprint density at radius 3 is 1.65 bits per heavy atom. The number of hydrogen-bond acceptors (Lipinski definition) is 10. The van der Waals surface area contributed by atoms with Crippen LogP contribution in [0.1, 0.15) is 78.3 Å². The van der Waals surface area contributed by atoms with Crippen LogP contribution in [0.25, 0.3) is 0 Å². The van der Waals surface area contributed by atoms with Gasteiger partial charge in [-0.05, 0) is 75.8 Å². The number of terminal acetylenes is 1. The quantitative estimate of drug-likeness (QED) is 0.170. The van der Waals surface area contributed by atoms with Crippen molar-refractivity contribution in [2.45, 2.75) is 65.1 Å². The molecule has 0 aliphatic carbocycles. The second-order valence-corrected chi connectivity index (χ2v) is 11.2. The van der Waals surface area contributed by atoms with Gasteiger partial charge in [-0.3, -0.25) is 9.59 Å². The van der Waals surface area contributed by atoms with Crippen molar-refractivity contribution in [2.24, 2.45) is 0 Å². The molecule has 48 heavy (non-hydrogen) atoms. The number of esters is 2.